The molecule has 0 aliphatic rings. The number of nitrogens with zero attached hydrogens (tertiary/aromatic N) is 5. The number of thioether (sulfide) groups is 1. The predicted octanol–water partition coefficient (Wildman–Crippen LogP) is 2.10. The summed E-state index contributed by atoms with van der Waals surface area (Å²) < 4.78 is 7.12. The predicted molar refractivity (Wildman–Crippen MR) is 83.6 cm³/mol. The molecule has 0 saturated carbocycles. The van der Waals surface area contributed by atoms with Crippen molar-refractivity contribution in [2.24, 2.45) is 0 Å². The zero-order valence-corrected chi connectivity index (χ0v) is 13.7. The molecular weight excluding hydrogens is 286 g/mol. The first-order valence-electron chi connectivity index (χ1n) is 6.81. The van der Waals surface area contributed by atoms with E-state index in [1.807, 2.05) is 37.0 Å². The van der Waals surface area contributed by atoms with Crippen molar-refractivity contribution in [2.75, 3.05) is 27.7 Å². The molecule has 7 heteroatoms. The van der Waals surface area contributed by atoms with Crippen molar-refractivity contribution >= 4 is 11.8 Å². The van der Waals surface area contributed by atoms with E-state index in [0.29, 0.717) is 0 Å². The van der Waals surface area contributed by atoms with Crippen LogP contribution in [-0.2, 0) is 6.54 Å². The molecule has 1 aromatic carbocycles. The van der Waals surface area contributed by atoms with Gasteiger partial charge >= 0.3 is 0 Å². The van der Waals surface area contributed by atoms with E-state index in [9.17, 15) is 0 Å². The van der Waals surface area contributed by atoms with Gasteiger partial charge in [-0.05, 0) is 49.1 Å². The molecule has 0 N–H and O–H groups in total. The Kier molecular flexibility index (Phi) is 5.58. The van der Waals surface area contributed by atoms with E-state index >= 15 is 0 Å². The molecule has 2 rings (SSSR count). The molecule has 1 unspecified atom stereocenters. The van der Waals surface area contributed by atoms with Gasteiger partial charge in [0.15, 0.2) is 0 Å². The number of hydrogen-bond acceptors (Lipinski definition) is 6. The molecule has 114 valence electrons. The molecule has 0 saturated heterocycles. The van der Waals surface area contributed by atoms with Crippen LogP contribution in [0.25, 0.3) is 0 Å². The average molecular weight is 307 g/mol. The number of likely N-dealkylation sites (N-methyl/N-ethyl adjacent to an activating group) is 1. The maximum atomic E-state index is 5.27. The van der Waals surface area contributed by atoms with Crippen LogP contribution in [0, 0.1) is 0 Å². The Balaban J connectivity index is 2.05. The SMILES string of the molecule is COc1cccc(C(C)Sc2nnnn2CCN(C)C)c1. The maximum Gasteiger partial charge on any atom is 0.209 e. The third-order valence-corrected chi connectivity index (χ3v) is 4.23. The van der Waals surface area contributed by atoms with Crippen molar-refractivity contribution in [3.05, 3.63) is 29.8 Å². The van der Waals surface area contributed by atoms with Gasteiger partial charge < -0.3 is 9.64 Å². The lowest BCUT2D eigenvalue weighted by Crippen LogP contribution is -2.19. The van der Waals surface area contributed by atoms with Crippen LogP contribution in [-0.4, -0.2) is 52.9 Å². The van der Waals surface area contributed by atoms with E-state index in [1.165, 1.54) is 5.56 Å². The van der Waals surface area contributed by atoms with Gasteiger partial charge in [-0.25, -0.2) is 4.68 Å². The first-order valence-corrected chi connectivity index (χ1v) is 7.69. The lowest BCUT2D eigenvalue weighted by molar-refractivity contribution is 0.361. The molecule has 0 amide bonds. The minimum atomic E-state index is 0.254. The number of ether oxygens (including phenoxy) is 1. The largest absolute Gasteiger partial charge is 0.497 e. The smallest absolute Gasteiger partial charge is 0.209 e. The van der Waals surface area contributed by atoms with Gasteiger partial charge in [0, 0.05) is 11.8 Å². The molecule has 1 atom stereocenters. The summed E-state index contributed by atoms with van der Waals surface area (Å²) in [5.41, 5.74) is 1.20. The summed E-state index contributed by atoms with van der Waals surface area (Å²) >= 11 is 1.65. The summed E-state index contributed by atoms with van der Waals surface area (Å²) in [4.78, 5) is 2.11. The highest BCUT2D eigenvalue weighted by Gasteiger charge is 2.14. The fourth-order valence-corrected chi connectivity index (χ4v) is 2.77. The van der Waals surface area contributed by atoms with E-state index in [1.54, 1.807) is 18.9 Å². The minimum Gasteiger partial charge on any atom is -0.497 e. The zero-order valence-electron chi connectivity index (χ0n) is 12.9. The molecule has 1 heterocycles. The fraction of sp³-hybridized carbons (Fsp3) is 0.500. The Morgan fingerprint density at radius 1 is 1.38 bits per heavy atom. The molecule has 0 spiro atoms. The zero-order chi connectivity index (χ0) is 15.2. The van der Waals surface area contributed by atoms with E-state index in [2.05, 4.69) is 33.4 Å². The monoisotopic (exact) mass is 307 g/mol. The summed E-state index contributed by atoms with van der Waals surface area (Å²) in [6.45, 7) is 3.84. The van der Waals surface area contributed by atoms with Crippen LogP contribution in [0.3, 0.4) is 0 Å². The first kappa shape index (κ1) is 15.8. The van der Waals surface area contributed by atoms with Crippen molar-refractivity contribution in [1.82, 2.24) is 25.1 Å². The Morgan fingerprint density at radius 3 is 2.90 bits per heavy atom. The standard InChI is InChI=1S/C14H21N5OS/c1-11(12-6-5-7-13(10-12)20-4)21-14-15-16-17-19(14)9-8-18(2)3/h5-7,10-11H,8-9H2,1-4H3. The highest BCUT2D eigenvalue weighted by atomic mass is 32.2. The lowest BCUT2D eigenvalue weighted by atomic mass is 10.1. The second kappa shape index (κ2) is 7.42. The number of aromatic nitrogens is 4. The molecule has 6 nitrogen and oxygen atoms in total. The lowest BCUT2D eigenvalue weighted by Gasteiger charge is -2.13. The third-order valence-electron chi connectivity index (χ3n) is 3.10. The molecule has 2 aromatic rings. The highest BCUT2D eigenvalue weighted by molar-refractivity contribution is 7.99. The molecule has 0 radical (unpaired) electrons. The van der Waals surface area contributed by atoms with Gasteiger partial charge in [0.1, 0.15) is 5.75 Å². The van der Waals surface area contributed by atoms with E-state index in [0.717, 1.165) is 24.0 Å². The van der Waals surface area contributed by atoms with Gasteiger partial charge in [-0.3, -0.25) is 0 Å². The Labute approximate surface area is 129 Å². The average Bonchev–Trinajstić information content (AvgIpc) is 2.92. The van der Waals surface area contributed by atoms with Crippen LogP contribution < -0.4 is 4.74 Å². The van der Waals surface area contributed by atoms with Crippen molar-refractivity contribution in [2.45, 2.75) is 23.9 Å². The highest BCUT2D eigenvalue weighted by Crippen LogP contribution is 2.34. The molecular formula is C14H21N5OS. The quantitative estimate of drug-likeness (QED) is 0.730. The van der Waals surface area contributed by atoms with Crippen LogP contribution in [0.1, 0.15) is 17.7 Å². The van der Waals surface area contributed by atoms with Crippen LogP contribution in [0.15, 0.2) is 29.4 Å². The van der Waals surface area contributed by atoms with Crippen LogP contribution in [0.2, 0.25) is 0 Å². The summed E-state index contributed by atoms with van der Waals surface area (Å²) in [7, 11) is 5.75. The number of methoxy groups -OCH3 is 1. The molecule has 0 aliphatic heterocycles. The van der Waals surface area contributed by atoms with Gasteiger partial charge in [-0.1, -0.05) is 23.9 Å². The van der Waals surface area contributed by atoms with Crippen molar-refractivity contribution in [1.29, 1.82) is 0 Å². The third kappa shape index (κ3) is 4.44. The molecule has 0 fully saturated rings. The number of hydrogen-bond donors (Lipinski definition) is 0. The second-order valence-corrected chi connectivity index (χ2v) is 6.33. The van der Waals surface area contributed by atoms with Crippen LogP contribution >= 0.6 is 11.8 Å². The Bertz CT molecular complexity index is 572. The van der Waals surface area contributed by atoms with Crippen molar-refractivity contribution in [3.63, 3.8) is 0 Å². The van der Waals surface area contributed by atoms with Gasteiger partial charge in [-0.15, -0.1) is 5.10 Å². The van der Waals surface area contributed by atoms with E-state index in [4.69, 9.17) is 4.74 Å². The van der Waals surface area contributed by atoms with Crippen LogP contribution in [0.5, 0.6) is 5.75 Å². The second-order valence-electron chi connectivity index (χ2n) is 5.02. The number of rotatable bonds is 7. The Morgan fingerprint density at radius 2 is 2.19 bits per heavy atom. The normalized spacial score (nSPS) is 12.6. The molecule has 1 aromatic heterocycles. The molecule has 21 heavy (non-hydrogen) atoms. The van der Waals surface area contributed by atoms with Gasteiger partial charge in [-0.2, -0.15) is 0 Å². The summed E-state index contributed by atoms with van der Waals surface area (Å²) in [6.07, 6.45) is 0. The number of tetrazole rings is 1. The van der Waals surface area contributed by atoms with E-state index in [-0.39, 0.29) is 5.25 Å². The van der Waals surface area contributed by atoms with Gasteiger partial charge in [0.05, 0.1) is 13.7 Å². The maximum absolute atomic E-state index is 5.27. The minimum absolute atomic E-state index is 0.254. The fourth-order valence-electron chi connectivity index (χ4n) is 1.84. The summed E-state index contributed by atoms with van der Waals surface area (Å²) in [5.74, 6) is 0.868. The van der Waals surface area contributed by atoms with Crippen molar-refractivity contribution in [3.8, 4) is 5.75 Å². The molecule has 0 bridgehead atoms. The Hall–Kier alpha value is -1.60. The molecule has 0 aliphatic carbocycles. The van der Waals surface area contributed by atoms with Gasteiger partial charge in [0.25, 0.3) is 0 Å². The summed E-state index contributed by atoms with van der Waals surface area (Å²) in [6, 6.07) is 8.09. The first-order chi connectivity index (χ1) is 10.1. The summed E-state index contributed by atoms with van der Waals surface area (Å²) in [5, 5.41) is 13.0. The van der Waals surface area contributed by atoms with E-state index < -0.39 is 0 Å². The van der Waals surface area contributed by atoms with Crippen molar-refractivity contribution < 1.29 is 4.74 Å². The topological polar surface area (TPSA) is 56.1 Å². The van der Waals surface area contributed by atoms with Crippen LogP contribution in [0.4, 0.5) is 0 Å². The van der Waals surface area contributed by atoms with Gasteiger partial charge in [0.2, 0.25) is 5.16 Å². The number of benzene rings is 1.